The molecule has 0 radical (unpaired) electrons. The number of hydrogen-bond acceptors (Lipinski definition) is 5. The van der Waals surface area contributed by atoms with Gasteiger partial charge in [0.2, 0.25) is 0 Å². The Morgan fingerprint density at radius 2 is 2.21 bits per heavy atom. The number of hydrogen-bond donors (Lipinski definition) is 0. The van der Waals surface area contributed by atoms with Gasteiger partial charge in [-0.2, -0.15) is 5.26 Å². The summed E-state index contributed by atoms with van der Waals surface area (Å²) in [6, 6.07) is 9.62. The molecule has 94 valence electrons. The maximum Gasteiger partial charge on any atom is 0.270 e. The summed E-state index contributed by atoms with van der Waals surface area (Å²) < 4.78 is 5.00. The Labute approximate surface area is 109 Å². The van der Waals surface area contributed by atoms with E-state index in [1.165, 1.54) is 31.5 Å². The number of ether oxygens (including phenoxy) is 1. The van der Waals surface area contributed by atoms with Crippen molar-refractivity contribution >= 4 is 5.69 Å². The molecule has 0 saturated heterocycles. The fourth-order valence-electron chi connectivity index (χ4n) is 1.63. The molecule has 19 heavy (non-hydrogen) atoms. The summed E-state index contributed by atoms with van der Waals surface area (Å²) in [6.07, 6.45) is 1.42. The Bertz CT molecular complexity index is 677. The monoisotopic (exact) mass is 255 g/mol. The third-order valence-electron chi connectivity index (χ3n) is 2.56. The second-order valence-corrected chi connectivity index (χ2v) is 3.69. The van der Waals surface area contributed by atoms with Gasteiger partial charge in [-0.15, -0.1) is 0 Å². The molecule has 0 saturated carbocycles. The van der Waals surface area contributed by atoms with Gasteiger partial charge < -0.3 is 4.74 Å². The minimum absolute atomic E-state index is 0.0198. The van der Waals surface area contributed by atoms with Crippen LogP contribution in [0.4, 0.5) is 5.69 Å². The Morgan fingerprint density at radius 1 is 1.42 bits per heavy atom. The first kappa shape index (κ1) is 12.5. The summed E-state index contributed by atoms with van der Waals surface area (Å²) in [6.45, 7) is 0. The zero-order valence-corrected chi connectivity index (χ0v) is 10.0. The van der Waals surface area contributed by atoms with Crippen LogP contribution in [-0.2, 0) is 0 Å². The van der Waals surface area contributed by atoms with Crippen LogP contribution in [0.15, 0.2) is 36.5 Å². The topological polar surface area (TPSA) is 89.1 Å². The van der Waals surface area contributed by atoms with Gasteiger partial charge in [-0.3, -0.25) is 15.1 Å². The molecule has 2 rings (SSSR count). The van der Waals surface area contributed by atoms with Crippen LogP contribution < -0.4 is 4.74 Å². The summed E-state index contributed by atoms with van der Waals surface area (Å²) in [5, 5.41) is 19.7. The lowest BCUT2D eigenvalue weighted by atomic mass is 10.1. The van der Waals surface area contributed by atoms with E-state index < -0.39 is 4.92 Å². The van der Waals surface area contributed by atoms with E-state index in [2.05, 4.69) is 4.98 Å². The molecule has 1 aromatic carbocycles. The molecule has 0 amide bonds. The summed E-state index contributed by atoms with van der Waals surface area (Å²) in [5.74, 6) is 0.372. The first-order chi connectivity index (χ1) is 9.15. The minimum atomic E-state index is -0.474. The summed E-state index contributed by atoms with van der Waals surface area (Å²) in [7, 11) is 1.45. The Hall–Kier alpha value is -2.94. The van der Waals surface area contributed by atoms with Crippen LogP contribution in [0.1, 0.15) is 5.56 Å². The molecule has 0 bridgehead atoms. The van der Waals surface area contributed by atoms with Crippen molar-refractivity contribution < 1.29 is 9.66 Å². The molecule has 1 aromatic heterocycles. The van der Waals surface area contributed by atoms with Gasteiger partial charge in [-0.25, -0.2) is 0 Å². The largest absolute Gasteiger partial charge is 0.494 e. The van der Waals surface area contributed by atoms with Crippen LogP contribution in [0.5, 0.6) is 5.75 Å². The lowest BCUT2D eigenvalue weighted by Gasteiger charge is -2.05. The highest BCUT2D eigenvalue weighted by molar-refractivity contribution is 5.65. The first-order valence-corrected chi connectivity index (χ1v) is 5.34. The number of nitro benzene ring substituents is 1. The van der Waals surface area contributed by atoms with E-state index in [4.69, 9.17) is 10.00 Å². The van der Waals surface area contributed by atoms with Gasteiger partial charge in [0.15, 0.2) is 5.75 Å². The van der Waals surface area contributed by atoms with Gasteiger partial charge in [-0.1, -0.05) is 12.1 Å². The molecule has 2 aromatic rings. The lowest BCUT2D eigenvalue weighted by Crippen LogP contribution is -1.93. The Morgan fingerprint density at radius 3 is 2.84 bits per heavy atom. The van der Waals surface area contributed by atoms with E-state index in [9.17, 15) is 10.1 Å². The van der Waals surface area contributed by atoms with E-state index in [1.54, 1.807) is 12.1 Å². The molecule has 6 nitrogen and oxygen atoms in total. The maximum absolute atomic E-state index is 10.7. The number of nitriles is 1. The number of nitrogens with zero attached hydrogens (tertiary/aromatic N) is 3. The smallest absolute Gasteiger partial charge is 0.270 e. The predicted octanol–water partition coefficient (Wildman–Crippen LogP) is 2.54. The molecule has 0 spiro atoms. The molecular weight excluding hydrogens is 246 g/mol. The van der Waals surface area contributed by atoms with Crippen LogP contribution in [0.3, 0.4) is 0 Å². The molecule has 0 fully saturated rings. The number of methoxy groups -OCH3 is 1. The molecule has 0 N–H and O–H groups in total. The molecule has 0 aliphatic rings. The van der Waals surface area contributed by atoms with Crippen LogP contribution in [0.2, 0.25) is 0 Å². The normalized spacial score (nSPS) is 9.68. The highest BCUT2D eigenvalue weighted by atomic mass is 16.6. The van der Waals surface area contributed by atoms with E-state index in [0.29, 0.717) is 22.6 Å². The van der Waals surface area contributed by atoms with Crippen LogP contribution in [0.25, 0.3) is 11.3 Å². The zero-order chi connectivity index (χ0) is 13.8. The fourth-order valence-corrected chi connectivity index (χ4v) is 1.63. The highest BCUT2D eigenvalue weighted by Gasteiger charge is 2.10. The average molecular weight is 255 g/mol. The minimum Gasteiger partial charge on any atom is -0.494 e. The van der Waals surface area contributed by atoms with E-state index in [0.717, 1.165) is 0 Å². The number of nitro groups is 1. The van der Waals surface area contributed by atoms with Crippen LogP contribution >= 0.6 is 0 Å². The van der Waals surface area contributed by atoms with Crippen molar-refractivity contribution in [3.63, 3.8) is 0 Å². The van der Waals surface area contributed by atoms with E-state index in [1.807, 2.05) is 6.07 Å². The van der Waals surface area contributed by atoms with E-state index in [-0.39, 0.29) is 5.69 Å². The van der Waals surface area contributed by atoms with Crippen molar-refractivity contribution in [3.8, 4) is 23.1 Å². The molecule has 0 aliphatic heterocycles. The van der Waals surface area contributed by atoms with Gasteiger partial charge >= 0.3 is 0 Å². The highest BCUT2D eigenvalue weighted by Crippen LogP contribution is 2.25. The van der Waals surface area contributed by atoms with Gasteiger partial charge in [0.05, 0.1) is 29.5 Å². The van der Waals surface area contributed by atoms with Crippen molar-refractivity contribution in [3.05, 3.63) is 52.2 Å². The van der Waals surface area contributed by atoms with Crippen molar-refractivity contribution in [2.24, 2.45) is 0 Å². The molecular formula is C13H9N3O3. The summed E-state index contributed by atoms with van der Waals surface area (Å²) >= 11 is 0. The third kappa shape index (κ3) is 2.50. The van der Waals surface area contributed by atoms with Crippen LogP contribution in [0, 0.1) is 21.4 Å². The second-order valence-electron chi connectivity index (χ2n) is 3.69. The molecule has 0 unspecified atom stereocenters. The number of pyridine rings is 1. The second kappa shape index (κ2) is 5.14. The number of aromatic nitrogens is 1. The number of rotatable bonds is 3. The molecule has 6 heteroatoms. The molecule has 0 aliphatic carbocycles. The molecule has 1 heterocycles. The maximum atomic E-state index is 10.7. The summed E-state index contributed by atoms with van der Waals surface area (Å²) in [4.78, 5) is 14.4. The first-order valence-electron chi connectivity index (χ1n) is 5.34. The average Bonchev–Trinajstić information content (AvgIpc) is 2.46. The quantitative estimate of drug-likeness (QED) is 0.621. The van der Waals surface area contributed by atoms with Gasteiger partial charge in [-0.05, 0) is 6.07 Å². The standard InChI is InChI=1S/C13H9N3O3/c1-19-13-8-15-12(6-10(13)7-14)9-3-2-4-11(5-9)16(17)18/h2-6,8H,1H3. The summed E-state index contributed by atoms with van der Waals surface area (Å²) in [5.41, 5.74) is 1.38. The SMILES string of the molecule is COc1cnc(-c2cccc([N+](=O)[O-])c2)cc1C#N. The zero-order valence-electron chi connectivity index (χ0n) is 10.0. The van der Waals surface area contributed by atoms with E-state index >= 15 is 0 Å². The van der Waals surface area contributed by atoms with Crippen molar-refractivity contribution in [1.29, 1.82) is 5.26 Å². The number of non-ortho nitro benzene ring substituents is 1. The Kier molecular flexibility index (Phi) is 3.39. The fraction of sp³-hybridized carbons (Fsp3) is 0.0769. The van der Waals surface area contributed by atoms with Crippen LogP contribution in [-0.4, -0.2) is 17.0 Å². The van der Waals surface area contributed by atoms with Crippen molar-refractivity contribution in [2.45, 2.75) is 0 Å². The Balaban J connectivity index is 2.51. The predicted molar refractivity (Wildman–Crippen MR) is 67.6 cm³/mol. The van der Waals surface area contributed by atoms with Gasteiger partial charge in [0.1, 0.15) is 6.07 Å². The molecule has 0 atom stereocenters. The van der Waals surface area contributed by atoms with Gasteiger partial charge in [0, 0.05) is 17.7 Å². The van der Waals surface area contributed by atoms with Crippen molar-refractivity contribution in [2.75, 3.05) is 7.11 Å². The van der Waals surface area contributed by atoms with Crippen molar-refractivity contribution in [1.82, 2.24) is 4.98 Å². The van der Waals surface area contributed by atoms with Gasteiger partial charge in [0.25, 0.3) is 5.69 Å². The lowest BCUT2D eigenvalue weighted by molar-refractivity contribution is -0.384. The third-order valence-corrected chi connectivity index (χ3v) is 2.56. The number of benzene rings is 1.